The summed E-state index contributed by atoms with van der Waals surface area (Å²) in [6.07, 6.45) is 3.07. The van der Waals surface area contributed by atoms with Gasteiger partial charge in [-0.3, -0.25) is 9.78 Å². The lowest BCUT2D eigenvalue weighted by Gasteiger charge is -2.39. The van der Waals surface area contributed by atoms with Gasteiger partial charge in [-0.1, -0.05) is 0 Å². The van der Waals surface area contributed by atoms with Crippen molar-refractivity contribution >= 4 is 6.09 Å². The van der Waals surface area contributed by atoms with Gasteiger partial charge in [0, 0.05) is 43.0 Å². The SMILES string of the molecule is CC(C)(C)OC(=O)N1CC(Cn2nc(-c3ccncc3)ccc2=O)C1. The van der Waals surface area contributed by atoms with Crippen LogP contribution in [0.5, 0.6) is 0 Å². The van der Waals surface area contributed by atoms with E-state index in [4.69, 9.17) is 4.74 Å². The van der Waals surface area contributed by atoms with Gasteiger partial charge in [0.15, 0.2) is 0 Å². The van der Waals surface area contributed by atoms with Gasteiger partial charge in [-0.2, -0.15) is 5.10 Å². The van der Waals surface area contributed by atoms with Crippen molar-refractivity contribution in [1.82, 2.24) is 19.7 Å². The van der Waals surface area contributed by atoms with Crippen LogP contribution in [-0.4, -0.2) is 44.4 Å². The van der Waals surface area contributed by atoms with Gasteiger partial charge >= 0.3 is 6.09 Å². The maximum absolute atomic E-state index is 12.1. The third kappa shape index (κ3) is 4.23. The molecule has 7 nitrogen and oxygen atoms in total. The molecule has 0 atom stereocenters. The van der Waals surface area contributed by atoms with Crippen molar-refractivity contribution in [3.8, 4) is 11.3 Å². The lowest BCUT2D eigenvalue weighted by molar-refractivity contribution is -0.00402. The number of carbonyl (C=O) groups is 1. The second-order valence-electron chi connectivity index (χ2n) is 7.23. The van der Waals surface area contributed by atoms with Gasteiger partial charge in [0.2, 0.25) is 0 Å². The van der Waals surface area contributed by atoms with Crippen molar-refractivity contribution in [3.63, 3.8) is 0 Å². The number of hydrogen-bond acceptors (Lipinski definition) is 5. The fourth-order valence-electron chi connectivity index (χ4n) is 2.66. The van der Waals surface area contributed by atoms with Crippen molar-refractivity contribution in [3.05, 3.63) is 47.0 Å². The van der Waals surface area contributed by atoms with Crippen LogP contribution in [0.3, 0.4) is 0 Å². The minimum atomic E-state index is -0.500. The molecule has 3 rings (SSSR count). The van der Waals surface area contributed by atoms with Crippen molar-refractivity contribution in [1.29, 1.82) is 0 Å². The van der Waals surface area contributed by atoms with Crippen molar-refractivity contribution in [2.24, 2.45) is 5.92 Å². The minimum absolute atomic E-state index is 0.145. The predicted octanol–water partition coefficient (Wildman–Crippen LogP) is 2.17. The largest absolute Gasteiger partial charge is 0.444 e. The Morgan fingerprint density at radius 2 is 1.88 bits per heavy atom. The van der Waals surface area contributed by atoms with Crippen LogP contribution >= 0.6 is 0 Å². The zero-order chi connectivity index (χ0) is 18.0. The molecule has 0 spiro atoms. The molecule has 3 heterocycles. The Bertz CT molecular complexity index is 805. The molecule has 0 saturated carbocycles. The molecule has 1 saturated heterocycles. The fourth-order valence-corrected chi connectivity index (χ4v) is 2.66. The monoisotopic (exact) mass is 342 g/mol. The number of nitrogens with zero attached hydrogens (tertiary/aromatic N) is 4. The predicted molar refractivity (Wildman–Crippen MR) is 93.0 cm³/mol. The third-order valence-corrected chi connectivity index (χ3v) is 3.88. The Hall–Kier alpha value is -2.70. The first-order valence-corrected chi connectivity index (χ1v) is 8.28. The van der Waals surface area contributed by atoms with E-state index < -0.39 is 5.60 Å². The highest BCUT2D eigenvalue weighted by atomic mass is 16.6. The van der Waals surface area contributed by atoms with Gasteiger partial charge in [-0.25, -0.2) is 9.48 Å². The van der Waals surface area contributed by atoms with Crippen LogP contribution in [0, 0.1) is 5.92 Å². The standard InChI is InChI=1S/C18H22N4O3/c1-18(2,3)25-17(24)21-10-13(11-21)12-22-16(23)5-4-15(20-22)14-6-8-19-9-7-14/h4-9,13H,10-12H2,1-3H3. The summed E-state index contributed by atoms with van der Waals surface area (Å²) >= 11 is 0. The third-order valence-electron chi connectivity index (χ3n) is 3.88. The van der Waals surface area contributed by atoms with Crippen molar-refractivity contribution < 1.29 is 9.53 Å². The molecule has 0 bridgehead atoms. The molecule has 1 amide bonds. The summed E-state index contributed by atoms with van der Waals surface area (Å²) in [6, 6.07) is 6.93. The van der Waals surface area contributed by atoms with Crippen LogP contribution in [0.25, 0.3) is 11.3 Å². The molecular formula is C18H22N4O3. The minimum Gasteiger partial charge on any atom is -0.444 e. The molecule has 132 valence electrons. The Labute approximate surface area is 146 Å². The normalized spacial score (nSPS) is 14.9. The molecule has 0 aromatic carbocycles. The quantitative estimate of drug-likeness (QED) is 0.854. The van der Waals surface area contributed by atoms with E-state index in [9.17, 15) is 9.59 Å². The van der Waals surface area contributed by atoms with Crippen LogP contribution < -0.4 is 5.56 Å². The van der Waals surface area contributed by atoms with Gasteiger partial charge < -0.3 is 9.64 Å². The molecule has 0 radical (unpaired) electrons. The first kappa shape index (κ1) is 17.1. The first-order valence-electron chi connectivity index (χ1n) is 8.28. The van der Waals surface area contributed by atoms with Crippen molar-refractivity contribution in [2.75, 3.05) is 13.1 Å². The molecule has 2 aromatic heterocycles. The molecule has 7 heteroatoms. The lowest BCUT2D eigenvalue weighted by Crippen LogP contribution is -2.53. The summed E-state index contributed by atoms with van der Waals surface area (Å²) in [5.41, 5.74) is 0.992. The number of carbonyl (C=O) groups excluding carboxylic acids is 1. The average Bonchev–Trinajstić information content (AvgIpc) is 2.51. The number of ether oxygens (including phenoxy) is 1. The van der Waals surface area contributed by atoms with E-state index in [1.54, 1.807) is 23.4 Å². The van der Waals surface area contributed by atoms with E-state index in [0.29, 0.717) is 19.6 Å². The molecule has 2 aromatic rings. The molecule has 0 aliphatic carbocycles. The van der Waals surface area contributed by atoms with Crippen LogP contribution in [0.2, 0.25) is 0 Å². The summed E-state index contributed by atoms with van der Waals surface area (Å²) in [5, 5.41) is 4.44. The first-order chi connectivity index (χ1) is 11.8. The average molecular weight is 342 g/mol. The van der Waals surface area contributed by atoms with E-state index in [2.05, 4.69) is 10.1 Å². The zero-order valence-electron chi connectivity index (χ0n) is 14.7. The van der Waals surface area contributed by atoms with Gasteiger partial charge in [0.05, 0.1) is 12.2 Å². The number of rotatable bonds is 3. The highest BCUT2D eigenvalue weighted by Gasteiger charge is 2.34. The number of likely N-dealkylation sites (tertiary alicyclic amines) is 1. The molecule has 0 unspecified atom stereocenters. The topological polar surface area (TPSA) is 77.3 Å². The van der Waals surface area contributed by atoms with E-state index in [0.717, 1.165) is 11.3 Å². The molecular weight excluding hydrogens is 320 g/mol. The Balaban J connectivity index is 1.63. The van der Waals surface area contributed by atoms with E-state index in [1.807, 2.05) is 32.9 Å². The van der Waals surface area contributed by atoms with E-state index in [-0.39, 0.29) is 17.6 Å². The van der Waals surface area contributed by atoms with Crippen LogP contribution in [0.1, 0.15) is 20.8 Å². The zero-order valence-corrected chi connectivity index (χ0v) is 14.7. The van der Waals surface area contributed by atoms with Crippen LogP contribution in [0.15, 0.2) is 41.5 Å². The fraction of sp³-hybridized carbons (Fsp3) is 0.444. The highest BCUT2D eigenvalue weighted by molar-refractivity contribution is 5.69. The molecule has 1 fully saturated rings. The molecule has 1 aliphatic heterocycles. The highest BCUT2D eigenvalue weighted by Crippen LogP contribution is 2.21. The summed E-state index contributed by atoms with van der Waals surface area (Å²) in [7, 11) is 0. The van der Waals surface area contributed by atoms with Crippen LogP contribution in [0.4, 0.5) is 4.79 Å². The maximum atomic E-state index is 12.1. The smallest absolute Gasteiger partial charge is 0.410 e. The lowest BCUT2D eigenvalue weighted by atomic mass is 10.0. The molecule has 0 N–H and O–H groups in total. The van der Waals surface area contributed by atoms with Gasteiger partial charge in [0.1, 0.15) is 5.60 Å². The second-order valence-corrected chi connectivity index (χ2v) is 7.23. The number of amides is 1. The van der Waals surface area contributed by atoms with Crippen molar-refractivity contribution in [2.45, 2.75) is 32.9 Å². The van der Waals surface area contributed by atoms with Gasteiger partial charge in [-0.15, -0.1) is 0 Å². The Morgan fingerprint density at radius 1 is 1.20 bits per heavy atom. The van der Waals surface area contributed by atoms with E-state index >= 15 is 0 Å². The molecule has 25 heavy (non-hydrogen) atoms. The Kier molecular flexibility index (Phi) is 4.57. The number of aromatic nitrogens is 3. The van der Waals surface area contributed by atoms with Gasteiger partial charge in [-0.05, 0) is 39.0 Å². The number of hydrogen-bond donors (Lipinski definition) is 0. The summed E-state index contributed by atoms with van der Waals surface area (Å²) in [6.45, 7) is 7.16. The summed E-state index contributed by atoms with van der Waals surface area (Å²) in [4.78, 5) is 29.7. The van der Waals surface area contributed by atoms with E-state index in [1.165, 1.54) is 10.7 Å². The maximum Gasteiger partial charge on any atom is 0.410 e. The van der Waals surface area contributed by atoms with Gasteiger partial charge in [0.25, 0.3) is 5.56 Å². The second kappa shape index (κ2) is 6.66. The summed E-state index contributed by atoms with van der Waals surface area (Å²) in [5.74, 6) is 0.199. The number of pyridine rings is 1. The Morgan fingerprint density at radius 3 is 2.52 bits per heavy atom. The summed E-state index contributed by atoms with van der Waals surface area (Å²) < 4.78 is 6.80. The molecule has 1 aliphatic rings. The van der Waals surface area contributed by atoms with Crippen LogP contribution in [-0.2, 0) is 11.3 Å².